The van der Waals surface area contributed by atoms with Crippen molar-refractivity contribution in [1.82, 2.24) is 19.7 Å². The summed E-state index contributed by atoms with van der Waals surface area (Å²) in [6, 6.07) is 0. The Hall–Kier alpha value is -0.600. The van der Waals surface area contributed by atoms with Gasteiger partial charge >= 0.3 is 5.13 Å². The molecule has 6 nitrogen and oxygen atoms in total. The first-order valence-electron chi connectivity index (χ1n) is 7.39. The molecule has 1 saturated carbocycles. The maximum Gasteiger partial charge on any atom is 0.309 e. The molecule has 3 rings (SSSR count). The number of quaternary nitrogens is 1. The van der Waals surface area contributed by atoms with Crippen LogP contribution in [0.5, 0.6) is 0 Å². The zero-order valence-electron chi connectivity index (χ0n) is 11.9. The number of likely N-dealkylation sites (N-methyl/N-ethyl adjacent to an activating group) is 1. The topological polar surface area (TPSA) is 72.3 Å². The van der Waals surface area contributed by atoms with Crippen molar-refractivity contribution in [3.63, 3.8) is 0 Å². The number of hydrogen-bond donors (Lipinski definition) is 1. The minimum atomic E-state index is -0.949. The normalized spacial score (nSPS) is 33.5. The molecule has 1 aliphatic carbocycles. The van der Waals surface area contributed by atoms with Gasteiger partial charge in [-0.05, 0) is 31.2 Å². The van der Waals surface area contributed by atoms with Crippen molar-refractivity contribution < 1.29 is 5.11 Å². The second-order valence-electron chi connectivity index (χ2n) is 6.07. The van der Waals surface area contributed by atoms with Crippen LogP contribution < -0.4 is 4.65 Å². The number of hydroxylamine groups is 2. The Labute approximate surface area is 123 Å². The number of rotatable bonds is 2. The fraction of sp³-hybridized carbons (Fsp3) is 0.846. The van der Waals surface area contributed by atoms with Gasteiger partial charge < -0.3 is 10.3 Å². The Morgan fingerprint density at radius 3 is 2.55 bits per heavy atom. The first-order chi connectivity index (χ1) is 9.59. The van der Waals surface area contributed by atoms with Crippen molar-refractivity contribution >= 4 is 16.5 Å². The molecule has 0 spiro atoms. The van der Waals surface area contributed by atoms with E-state index in [1.54, 1.807) is 0 Å². The average molecular weight is 298 g/mol. The first kappa shape index (κ1) is 14.3. The molecule has 1 aromatic heterocycles. The molecular formula is C13H22N4O2S. The van der Waals surface area contributed by atoms with Gasteiger partial charge in [0, 0.05) is 5.92 Å². The zero-order valence-corrected chi connectivity index (χ0v) is 12.7. The summed E-state index contributed by atoms with van der Waals surface area (Å²) in [6.07, 6.45) is 6.42. The number of nitrogens with zero attached hydrogens (tertiary/aromatic N) is 4. The largest absolute Gasteiger partial charge is 0.623 e. The van der Waals surface area contributed by atoms with Crippen LogP contribution >= 0.6 is 11.3 Å². The summed E-state index contributed by atoms with van der Waals surface area (Å²) >= 11 is 1.40. The second-order valence-corrected chi connectivity index (χ2v) is 7.06. The first-order valence-corrected chi connectivity index (χ1v) is 8.20. The molecule has 0 amide bonds. The highest BCUT2D eigenvalue weighted by Gasteiger charge is 2.41. The van der Waals surface area contributed by atoms with Crippen LogP contribution in [0.25, 0.3) is 0 Å². The third-order valence-corrected chi connectivity index (χ3v) is 5.56. The highest BCUT2D eigenvalue weighted by molar-refractivity contribution is 7.15. The molecule has 0 radical (unpaired) electrons. The van der Waals surface area contributed by atoms with E-state index >= 15 is 0 Å². The van der Waals surface area contributed by atoms with Crippen LogP contribution in [0.3, 0.4) is 0 Å². The average Bonchev–Trinajstić information content (AvgIpc) is 2.87. The molecule has 2 heterocycles. The van der Waals surface area contributed by atoms with Crippen LogP contribution in [0, 0.1) is 5.21 Å². The summed E-state index contributed by atoms with van der Waals surface area (Å²) in [6.45, 7) is 0.641. The molecule has 2 aliphatic rings. The second kappa shape index (κ2) is 5.65. The molecule has 1 aliphatic heterocycles. The fourth-order valence-electron chi connectivity index (χ4n) is 3.18. The molecule has 1 saturated heterocycles. The lowest BCUT2D eigenvalue weighted by atomic mass is 10.0. The van der Waals surface area contributed by atoms with Gasteiger partial charge in [-0.1, -0.05) is 30.8 Å². The minimum absolute atomic E-state index is 0.250. The molecule has 1 aromatic rings. The van der Waals surface area contributed by atoms with Crippen molar-refractivity contribution in [2.75, 3.05) is 20.3 Å². The molecular weight excluding hydrogens is 276 g/mol. The van der Waals surface area contributed by atoms with E-state index in [9.17, 15) is 10.3 Å². The molecule has 2 atom stereocenters. The number of aliphatic hydroxyl groups excluding tert-OH is 1. The molecule has 0 aromatic carbocycles. The van der Waals surface area contributed by atoms with Gasteiger partial charge in [-0.2, -0.15) is 0 Å². The molecule has 7 heteroatoms. The smallest absolute Gasteiger partial charge is 0.309 e. The monoisotopic (exact) mass is 298 g/mol. The predicted octanol–water partition coefficient (Wildman–Crippen LogP) is 2.00. The van der Waals surface area contributed by atoms with Gasteiger partial charge in [-0.25, -0.2) is 0 Å². The quantitative estimate of drug-likeness (QED) is 0.513. The lowest BCUT2D eigenvalue weighted by Crippen LogP contribution is -2.48. The standard InChI is InChI=1S/C13H22N4O2S/c1-16-8-11(18)17(19,9-16)13-15-14-12(20-13)10-6-4-2-3-5-7-10/h10-11,18H,2-9H2,1H3. The maximum absolute atomic E-state index is 12.8. The number of hydrogen-bond acceptors (Lipinski definition) is 6. The van der Waals surface area contributed by atoms with Crippen LogP contribution in [-0.2, 0) is 0 Å². The molecule has 20 heavy (non-hydrogen) atoms. The van der Waals surface area contributed by atoms with Crippen LogP contribution in [0.1, 0.15) is 49.5 Å². The van der Waals surface area contributed by atoms with Gasteiger partial charge in [0.2, 0.25) is 6.23 Å². The molecule has 2 fully saturated rings. The Bertz CT molecular complexity index is 461. The van der Waals surface area contributed by atoms with Crippen molar-refractivity contribution in [2.45, 2.75) is 50.7 Å². The summed E-state index contributed by atoms with van der Waals surface area (Å²) in [4.78, 5) is 1.84. The van der Waals surface area contributed by atoms with E-state index in [4.69, 9.17) is 0 Å². The Morgan fingerprint density at radius 2 is 1.95 bits per heavy atom. The summed E-state index contributed by atoms with van der Waals surface area (Å²) in [7, 11) is 1.84. The van der Waals surface area contributed by atoms with Crippen LogP contribution in [0.2, 0.25) is 0 Å². The Balaban J connectivity index is 1.79. The predicted molar refractivity (Wildman–Crippen MR) is 79.0 cm³/mol. The van der Waals surface area contributed by atoms with E-state index < -0.39 is 10.9 Å². The van der Waals surface area contributed by atoms with Crippen LogP contribution in [0.15, 0.2) is 0 Å². The van der Waals surface area contributed by atoms with Crippen molar-refractivity contribution in [3.8, 4) is 0 Å². The highest BCUT2D eigenvalue weighted by Crippen LogP contribution is 2.38. The van der Waals surface area contributed by atoms with E-state index in [1.165, 1.54) is 37.0 Å². The van der Waals surface area contributed by atoms with Gasteiger partial charge in [0.15, 0.2) is 0 Å². The summed E-state index contributed by atoms with van der Waals surface area (Å²) < 4.78 is -0.763. The van der Waals surface area contributed by atoms with E-state index in [0.29, 0.717) is 17.6 Å². The lowest BCUT2D eigenvalue weighted by molar-refractivity contribution is 0.0844. The van der Waals surface area contributed by atoms with E-state index in [0.717, 1.165) is 17.8 Å². The van der Waals surface area contributed by atoms with Gasteiger partial charge in [-0.15, -0.1) is 5.10 Å². The zero-order chi connectivity index (χ0) is 14.2. The Morgan fingerprint density at radius 1 is 1.25 bits per heavy atom. The fourth-order valence-corrected chi connectivity index (χ4v) is 4.27. The number of β-amino-alcohol motifs (C(OH)–C–C–N with tert-alkyl or cyclic N) is 1. The SMILES string of the molecule is CN1CC(O)[N+]([O-])(c2nnc(C3CCCCCC3)s2)C1. The third kappa shape index (κ3) is 2.60. The van der Waals surface area contributed by atoms with E-state index in [2.05, 4.69) is 10.2 Å². The van der Waals surface area contributed by atoms with Crippen molar-refractivity contribution in [2.24, 2.45) is 0 Å². The molecule has 0 bridgehead atoms. The third-order valence-electron chi connectivity index (χ3n) is 4.37. The maximum atomic E-state index is 12.8. The van der Waals surface area contributed by atoms with Crippen LogP contribution in [0.4, 0.5) is 5.13 Å². The van der Waals surface area contributed by atoms with Gasteiger partial charge in [-0.3, -0.25) is 9.55 Å². The molecule has 2 unspecified atom stereocenters. The lowest BCUT2D eigenvalue weighted by Gasteiger charge is -2.36. The number of aliphatic hydroxyl groups is 1. The highest BCUT2D eigenvalue weighted by atomic mass is 32.1. The van der Waals surface area contributed by atoms with Gasteiger partial charge in [0.25, 0.3) is 0 Å². The molecule has 112 valence electrons. The molecule has 1 N–H and O–H groups in total. The summed E-state index contributed by atoms with van der Waals surface area (Å²) in [5, 5.41) is 32.5. The Kier molecular flexibility index (Phi) is 4.05. The minimum Gasteiger partial charge on any atom is -0.623 e. The van der Waals surface area contributed by atoms with Gasteiger partial charge in [0.1, 0.15) is 11.7 Å². The van der Waals surface area contributed by atoms with Crippen molar-refractivity contribution in [3.05, 3.63) is 10.2 Å². The van der Waals surface area contributed by atoms with E-state index in [-0.39, 0.29) is 6.67 Å². The summed E-state index contributed by atoms with van der Waals surface area (Å²) in [5.41, 5.74) is 0. The van der Waals surface area contributed by atoms with Crippen LogP contribution in [-0.4, -0.2) is 46.7 Å². The van der Waals surface area contributed by atoms with Crippen molar-refractivity contribution in [1.29, 1.82) is 0 Å². The van der Waals surface area contributed by atoms with Gasteiger partial charge in [0.05, 0.1) is 6.54 Å². The summed E-state index contributed by atoms with van der Waals surface area (Å²) in [5.74, 6) is 0.452. The number of aromatic nitrogens is 2. The van der Waals surface area contributed by atoms with E-state index in [1.807, 2.05) is 11.9 Å².